The lowest BCUT2D eigenvalue weighted by Crippen LogP contribution is -2.36. The molecule has 2 heterocycles. The zero-order valence-corrected chi connectivity index (χ0v) is 10.5. The van der Waals surface area contributed by atoms with Crippen LogP contribution in [0.25, 0.3) is 0 Å². The van der Waals surface area contributed by atoms with E-state index in [1.165, 1.54) is 36.3 Å². The Kier molecular flexibility index (Phi) is 2.93. The smallest absolute Gasteiger partial charge is 0.0642 e. The molecule has 1 aromatic carbocycles. The largest absolute Gasteiger partial charge is 0.378 e. The number of hydrogen-bond acceptors (Lipinski definition) is 3. The molecule has 0 radical (unpaired) electrons. The summed E-state index contributed by atoms with van der Waals surface area (Å²) in [7, 11) is 2.19. The summed E-state index contributed by atoms with van der Waals surface area (Å²) in [6.07, 6.45) is 2.49. The van der Waals surface area contributed by atoms with Crippen LogP contribution in [0.4, 0.5) is 11.4 Å². The number of anilines is 2. The fraction of sp³-hybridized carbons (Fsp3) is 0.571. The van der Waals surface area contributed by atoms with Gasteiger partial charge in [0.05, 0.1) is 13.2 Å². The lowest BCUT2D eigenvalue weighted by molar-refractivity contribution is 0.122. The van der Waals surface area contributed by atoms with Gasteiger partial charge in [0.25, 0.3) is 0 Å². The van der Waals surface area contributed by atoms with Crippen molar-refractivity contribution in [3.8, 4) is 0 Å². The Hall–Kier alpha value is -1.22. The second kappa shape index (κ2) is 4.57. The molecule has 2 aliphatic rings. The van der Waals surface area contributed by atoms with Crippen LogP contribution in [0.2, 0.25) is 0 Å². The minimum atomic E-state index is 0.858. The predicted molar refractivity (Wildman–Crippen MR) is 71.1 cm³/mol. The molecule has 1 saturated heterocycles. The molecule has 0 amide bonds. The van der Waals surface area contributed by atoms with Crippen LogP contribution in [0, 0.1) is 0 Å². The van der Waals surface area contributed by atoms with E-state index in [9.17, 15) is 0 Å². The number of nitrogens with zero attached hydrogens (tertiary/aromatic N) is 2. The molecular formula is C14H20N2O. The number of rotatable bonds is 1. The van der Waals surface area contributed by atoms with Crippen molar-refractivity contribution in [3.63, 3.8) is 0 Å². The Morgan fingerprint density at radius 2 is 1.94 bits per heavy atom. The van der Waals surface area contributed by atoms with Crippen molar-refractivity contribution in [2.24, 2.45) is 0 Å². The van der Waals surface area contributed by atoms with Crippen LogP contribution in [0.3, 0.4) is 0 Å². The van der Waals surface area contributed by atoms with Gasteiger partial charge >= 0.3 is 0 Å². The van der Waals surface area contributed by atoms with Crippen molar-refractivity contribution >= 4 is 11.4 Å². The van der Waals surface area contributed by atoms with Crippen LogP contribution in [-0.4, -0.2) is 39.9 Å². The van der Waals surface area contributed by atoms with Crippen molar-refractivity contribution in [1.29, 1.82) is 0 Å². The van der Waals surface area contributed by atoms with E-state index in [1.54, 1.807) is 0 Å². The molecule has 1 aromatic rings. The summed E-state index contributed by atoms with van der Waals surface area (Å²) in [5, 5.41) is 0. The maximum Gasteiger partial charge on any atom is 0.0642 e. The minimum absolute atomic E-state index is 0.858. The summed E-state index contributed by atoms with van der Waals surface area (Å²) in [4.78, 5) is 4.79. The predicted octanol–water partition coefficient (Wildman–Crippen LogP) is 1.91. The lowest BCUT2D eigenvalue weighted by Gasteiger charge is -2.32. The average molecular weight is 232 g/mol. The van der Waals surface area contributed by atoms with Gasteiger partial charge in [-0.3, -0.25) is 0 Å². The molecule has 92 valence electrons. The van der Waals surface area contributed by atoms with Crippen LogP contribution < -0.4 is 9.80 Å². The summed E-state index contributed by atoms with van der Waals surface area (Å²) in [5.41, 5.74) is 4.28. The molecule has 0 aliphatic carbocycles. The summed E-state index contributed by atoms with van der Waals surface area (Å²) in [6, 6.07) is 6.90. The highest BCUT2D eigenvalue weighted by Crippen LogP contribution is 2.30. The fourth-order valence-corrected chi connectivity index (χ4v) is 2.79. The Morgan fingerprint density at radius 3 is 2.76 bits per heavy atom. The molecule has 0 unspecified atom stereocenters. The summed E-state index contributed by atoms with van der Waals surface area (Å²) >= 11 is 0. The molecule has 3 rings (SSSR count). The van der Waals surface area contributed by atoms with Gasteiger partial charge in [-0.15, -0.1) is 0 Å². The second-order valence-electron chi connectivity index (χ2n) is 4.94. The first kappa shape index (κ1) is 10.9. The Balaban J connectivity index is 1.86. The molecule has 0 N–H and O–H groups in total. The molecule has 0 atom stereocenters. The molecule has 17 heavy (non-hydrogen) atoms. The van der Waals surface area contributed by atoms with Crippen LogP contribution in [0.1, 0.15) is 12.0 Å². The van der Waals surface area contributed by atoms with E-state index in [2.05, 4.69) is 35.0 Å². The third-order valence-electron chi connectivity index (χ3n) is 3.79. The zero-order chi connectivity index (χ0) is 11.7. The van der Waals surface area contributed by atoms with E-state index >= 15 is 0 Å². The molecule has 3 heteroatoms. The Morgan fingerprint density at radius 1 is 1.12 bits per heavy atom. The van der Waals surface area contributed by atoms with Gasteiger partial charge < -0.3 is 14.5 Å². The van der Waals surface area contributed by atoms with Crippen molar-refractivity contribution < 1.29 is 4.74 Å². The van der Waals surface area contributed by atoms with Crippen LogP contribution in [0.15, 0.2) is 18.2 Å². The van der Waals surface area contributed by atoms with Crippen LogP contribution >= 0.6 is 0 Å². The molecule has 0 saturated carbocycles. The molecule has 2 aliphatic heterocycles. The van der Waals surface area contributed by atoms with E-state index in [-0.39, 0.29) is 0 Å². The van der Waals surface area contributed by atoms with E-state index in [0.29, 0.717) is 0 Å². The third-order valence-corrected chi connectivity index (χ3v) is 3.79. The first-order valence-corrected chi connectivity index (χ1v) is 6.51. The molecule has 0 spiro atoms. The Bertz CT molecular complexity index is 399. The fourth-order valence-electron chi connectivity index (χ4n) is 2.79. The van der Waals surface area contributed by atoms with Gasteiger partial charge in [-0.1, -0.05) is 0 Å². The number of ether oxygens (including phenoxy) is 1. The van der Waals surface area contributed by atoms with Crippen molar-refractivity contribution in [1.82, 2.24) is 0 Å². The van der Waals surface area contributed by atoms with Crippen LogP contribution in [-0.2, 0) is 11.2 Å². The Labute approximate surface area is 103 Å². The number of aryl methyl sites for hydroxylation is 1. The van der Waals surface area contributed by atoms with E-state index in [4.69, 9.17) is 4.74 Å². The van der Waals surface area contributed by atoms with Gasteiger partial charge in [-0.2, -0.15) is 0 Å². The molecule has 3 nitrogen and oxygen atoms in total. The van der Waals surface area contributed by atoms with Crippen LogP contribution in [0.5, 0.6) is 0 Å². The van der Waals surface area contributed by atoms with Gasteiger partial charge in [0.15, 0.2) is 0 Å². The van der Waals surface area contributed by atoms with E-state index in [0.717, 1.165) is 26.3 Å². The van der Waals surface area contributed by atoms with Gasteiger partial charge in [-0.25, -0.2) is 0 Å². The summed E-state index contributed by atoms with van der Waals surface area (Å²) < 4.78 is 5.40. The number of fused-ring (bicyclic) bond motifs is 1. The highest BCUT2D eigenvalue weighted by Gasteiger charge is 2.16. The zero-order valence-electron chi connectivity index (χ0n) is 10.5. The first-order chi connectivity index (χ1) is 8.34. The first-order valence-electron chi connectivity index (χ1n) is 6.51. The lowest BCUT2D eigenvalue weighted by atomic mass is 10.0. The van der Waals surface area contributed by atoms with E-state index in [1.807, 2.05) is 0 Å². The monoisotopic (exact) mass is 232 g/mol. The second-order valence-corrected chi connectivity index (χ2v) is 4.94. The quantitative estimate of drug-likeness (QED) is 0.735. The van der Waals surface area contributed by atoms with Crippen molar-refractivity contribution in [2.75, 3.05) is 49.7 Å². The maximum absolute atomic E-state index is 5.40. The molecule has 1 fully saturated rings. The average Bonchev–Trinajstić information content (AvgIpc) is 2.40. The minimum Gasteiger partial charge on any atom is -0.378 e. The normalized spacial score (nSPS) is 20.3. The molecular weight excluding hydrogens is 212 g/mol. The molecule has 0 aromatic heterocycles. The number of morpholine rings is 1. The number of hydrogen-bond donors (Lipinski definition) is 0. The highest BCUT2D eigenvalue weighted by molar-refractivity contribution is 5.62. The van der Waals surface area contributed by atoms with Gasteiger partial charge in [0.1, 0.15) is 0 Å². The van der Waals surface area contributed by atoms with Gasteiger partial charge in [0.2, 0.25) is 0 Å². The van der Waals surface area contributed by atoms with Gasteiger partial charge in [-0.05, 0) is 36.6 Å². The van der Waals surface area contributed by atoms with Crippen molar-refractivity contribution in [3.05, 3.63) is 23.8 Å². The van der Waals surface area contributed by atoms with Gasteiger partial charge in [0, 0.05) is 38.1 Å². The summed E-state index contributed by atoms with van der Waals surface area (Å²) in [5.74, 6) is 0. The number of benzene rings is 1. The maximum atomic E-state index is 5.40. The topological polar surface area (TPSA) is 15.7 Å². The SMILES string of the molecule is CN1CCCc2cc(N3CCOCC3)ccc21. The molecule has 0 bridgehead atoms. The standard InChI is InChI=1S/C14H20N2O/c1-15-6-2-3-12-11-13(4-5-14(12)15)16-7-9-17-10-8-16/h4-5,11H,2-3,6-10H2,1H3. The van der Waals surface area contributed by atoms with Crippen molar-refractivity contribution in [2.45, 2.75) is 12.8 Å². The third kappa shape index (κ3) is 2.12. The van der Waals surface area contributed by atoms with E-state index < -0.39 is 0 Å². The highest BCUT2D eigenvalue weighted by atomic mass is 16.5. The summed E-state index contributed by atoms with van der Waals surface area (Å²) in [6.45, 7) is 4.95.